The van der Waals surface area contributed by atoms with Gasteiger partial charge in [-0.2, -0.15) is 0 Å². The standard InChI is InChI=1S/C10H19N3O/c1-8(2)10-6-9(13-14-10)7-12-5-4-11-3/h6,8,11-12H,4-5,7H2,1-3H3. The van der Waals surface area contributed by atoms with E-state index in [0.717, 1.165) is 31.1 Å². The maximum Gasteiger partial charge on any atom is 0.139 e. The van der Waals surface area contributed by atoms with E-state index < -0.39 is 0 Å². The van der Waals surface area contributed by atoms with Gasteiger partial charge in [0.25, 0.3) is 0 Å². The number of nitrogens with zero attached hydrogens (tertiary/aromatic N) is 1. The van der Waals surface area contributed by atoms with Gasteiger partial charge < -0.3 is 15.2 Å². The lowest BCUT2D eigenvalue weighted by atomic mass is 10.1. The predicted octanol–water partition coefficient (Wildman–Crippen LogP) is 1.11. The number of rotatable bonds is 6. The van der Waals surface area contributed by atoms with Gasteiger partial charge in [-0.15, -0.1) is 0 Å². The quantitative estimate of drug-likeness (QED) is 0.671. The van der Waals surface area contributed by atoms with Crippen LogP contribution in [0.2, 0.25) is 0 Å². The molecule has 0 aliphatic rings. The van der Waals surface area contributed by atoms with Crippen LogP contribution in [0.5, 0.6) is 0 Å². The van der Waals surface area contributed by atoms with Gasteiger partial charge in [0.05, 0.1) is 5.69 Å². The summed E-state index contributed by atoms with van der Waals surface area (Å²) in [7, 11) is 1.94. The molecule has 0 aliphatic carbocycles. The van der Waals surface area contributed by atoms with E-state index in [0.29, 0.717) is 5.92 Å². The first-order valence-electron chi connectivity index (χ1n) is 5.05. The van der Waals surface area contributed by atoms with Crippen LogP contribution in [0.3, 0.4) is 0 Å². The van der Waals surface area contributed by atoms with Crippen molar-refractivity contribution >= 4 is 0 Å². The molecule has 0 bridgehead atoms. The van der Waals surface area contributed by atoms with Gasteiger partial charge in [-0.25, -0.2) is 0 Å². The smallest absolute Gasteiger partial charge is 0.139 e. The van der Waals surface area contributed by atoms with Crippen LogP contribution in [-0.2, 0) is 6.54 Å². The van der Waals surface area contributed by atoms with Crippen molar-refractivity contribution in [2.75, 3.05) is 20.1 Å². The molecule has 2 N–H and O–H groups in total. The van der Waals surface area contributed by atoms with E-state index in [-0.39, 0.29) is 0 Å². The lowest BCUT2D eigenvalue weighted by molar-refractivity contribution is 0.364. The number of hydrogen-bond acceptors (Lipinski definition) is 4. The number of hydrogen-bond donors (Lipinski definition) is 2. The molecule has 4 nitrogen and oxygen atoms in total. The fourth-order valence-corrected chi connectivity index (χ4v) is 1.11. The largest absolute Gasteiger partial charge is 0.361 e. The molecule has 0 unspecified atom stereocenters. The van der Waals surface area contributed by atoms with E-state index in [1.54, 1.807) is 0 Å². The summed E-state index contributed by atoms with van der Waals surface area (Å²) in [5, 5.41) is 10.3. The van der Waals surface area contributed by atoms with Crippen LogP contribution in [0.4, 0.5) is 0 Å². The molecule has 80 valence electrons. The maximum absolute atomic E-state index is 5.18. The van der Waals surface area contributed by atoms with Crippen LogP contribution >= 0.6 is 0 Å². The van der Waals surface area contributed by atoms with Crippen LogP contribution in [0.1, 0.15) is 31.2 Å². The molecule has 0 aromatic carbocycles. The summed E-state index contributed by atoms with van der Waals surface area (Å²) in [5.41, 5.74) is 0.977. The maximum atomic E-state index is 5.18. The highest BCUT2D eigenvalue weighted by atomic mass is 16.5. The fraction of sp³-hybridized carbons (Fsp3) is 0.700. The zero-order valence-electron chi connectivity index (χ0n) is 9.13. The SMILES string of the molecule is CNCCNCc1cc(C(C)C)on1. The van der Waals surface area contributed by atoms with Crippen molar-refractivity contribution in [2.24, 2.45) is 0 Å². The van der Waals surface area contributed by atoms with E-state index in [1.807, 2.05) is 13.1 Å². The Labute approximate surface area is 85.1 Å². The first kappa shape index (κ1) is 11.2. The predicted molar refractivity (Wildman–Crippen MR) is 56.2 cm³/mol. The molecule has 0 aliphatic heterocycles. The van der Waals surface area contributed by atoms with Crippen molar-refractivity contribution in [1.82, 2.24) is 15.8 Å². The van der Waals surface area contributed by atoms with Crippen LogP contribution in [-0.4, -0.2) is 25.3 Å². The van der Waals surface area contributed by atoms with Gasteiger partial charge in [0, 0.05) is 31.6 Å². The second-order valence-electron chi connectivity index (χ2n) is 3.66. The molecule has 1 aromatic heterocycles. The summed E-state index contributed by atoms with van der Waals surface area (Å²) < 4.78 is 5.18. The van der Waals surface area contributed by atoms with Crippen LogP contribution in [0, 0.1) is 0 Å². The summed E-state index contributed by atoms with van der Waals surface area (Å²) in [6.07, 6.45) is 0. The molecule has 0 radical (unpaired) electrons. The minimum Gasteiger partial charge on any atom is -0.361 e. The van der Waals surface area contributed by atoms with Crippen molar-refractivity contribution in [2.45, 2.75) is 26.3 Å². The van der Waals surface area contributed by atoms with Crippen molar-refractivity contribution in [1.29, 1.82) is 0 Å². The zero-order chi connectivity index (χ0) is 10.4. The molecule has 14 heavy (non-hydrogen) atoms. The lowest BCUT2D eigenvalue weighted by Gasteiger charge is -1.99. The normalized spacial score (nSPS) is 11.1. The molecule has 0 saturated heterocycles. The lowest BCUT2D eigenvalue weighted by Crippen LogP contribution is -2.24. The van der Waals surface area contributed by atoms with E-state index >= 15 is 0 Å². The van der Waals surface area contributed by atoms with Gasteiger partial charge in [-0.05, 0) is 7.05 Å². The number of aromatic nitrogens is 1. The van der Waals surface area contributed by atoms with E-state index in [9.17, 15) is 0 Å². The third-order valence-corrected chi connectivity index (χ3v) is 2.00. The van der Waals surface area contributed by atoms with Crippen LogP contribution in [0.25, 0.3) is 0 Å². The Morgan fingerprint density at radius 1 is 1.43 bits per heavy atom. The van der Waals surface area contributed by atoms with Gasteiger partial charge in [-0.3, -0.25) is 0 Å². The molecule has 1 rings (SSSR count). The number of likely N-dealkylation sites (N-methyl/N-ethyl adjacent to an activating group) is 1. The molecule has 0 fully saturated rings. The average molecular weight is 197 g/mol. The average Bonchev–Trinajstić information content (AvgIpc) is 2.61. The first-order chi connectivity index (χ1) is 6.74. The topological polar surface area (TPSA) is 50.1 Å². The zero-order valence-corrected chi connectivity index (χ0v) is 9.13. The summed E-state index contributed by atoms with van der Waals surface area (Å²) in [6.45, 7) is 6.88. The van der Waals surface area contributed by atoms with E-state index in [4.69, 9.17) is 4.52 Å². The minimum atomic E-state index is 0.411. The third kappa shape index (κ3) is 3.47. The molecular formula is C10H19N3O. The molecule has 0 atom stereocenters. The second kappa shape index (κ2) is 5.78. The van der Waals surface area contributed by atoms with Crippen molar-refractivity contribution in [3.63, 3.8) is 0 Å². The van der Waals surface area contributed by atoms with Crippen LogP contribution in [0.15, 0.2) is 10.6 Å². The summed E-state index contributed by atoms with van der Waals surface area (Å²) in [5.74, 6) is 1.36. The molecule has 1 aromatic rings. The van der Waals surface area contributed by atoms with E-state index in [1.165, 1.54) is 0 Å². The summed E-state index contributed by atoms with van der Waals surface area (Å²) >= 11 is 0. The van der Waals surface area contributed by atoms with Gasteiger partial charge in [0.1, 0.15) is 5.76 Å². The Morgan fingerprint density at radius 2 is 2.21 bits per heavy atom. The molecule has 0 saturated carbocycles. The highest BCUT2D eigenvalue weighted by molar-refractivity contribution is 5.08. The van der Waals surface area contributed by atoms with Crippen molar-refractivity contribution in [3.8, 4) is 0 Å². The summed E-state index contributed by atoms with van der Waals surface area (Å²) in [6, 6.07) is 2.01. The van der Waals surface area contributed by atoms with Gasteiger partial charge in [-0.1, -0.05) is 19.0 Å². The Kier molecular flexibility index (Phi) is 4.62. The molecule has 0 amide bonds. The van der Waals surface area contributed by atoms with Crippen LogP contribution < -0.4 is 10.6 Å². The fourth-order valence-electron chi connectivity index (χ4n) is 1.11. The second-order valence-corrected chi connectivity index (χ2v) is 3.66. The summed E-state index contributed by atoms with van der Waals surface area (Å²) in [4.78, 5) is 0. The van der Waals surface area contributed by atoms with Gasteiger partial charge in [0.15, 0.2) is 0 Å². The molecule has 0 spiro atoms. The highest BCUT2D eigenvalue weighted by Gasteiger charge is 2.06. The van der Waals surface area contributed by atoms with Crippen molar-refractivity contribution < 1.29 is 4.52 Å². The van der Waals surface area contributed by atoms with Gasteiger partial charge in [0.2, 0.25) is 0 Å². The monoisotopic (exact) mass is 197 g/mol. The Hall–Kier alpha value is -0.870. The van der Waals surface area contributed by atoms with Crippen molar-refractivity contribution in [3.05, 3.63) is 17.5 Å². The molecule has 1 heterocycles. The molecule has 4 heteroatoms. The third-order valence-electron chi connectivity index (χ3n) is 2.00. The number of nitrogens with one attached hydrogen (secondary N) is 2. The Morgan fingerprint density at radius 3 is 2.79 bits per heavy atom. The molecular weight excluding hydrogens is 178 g/mol. The Bertz CT molecular complexity index is 258. The minimum absolute atomic E-state index is 0.411. The van der Waals surface area contributed by atoms with E-state index in [2.05, 4.69) is 29.6 Å². The highest BCUT2D eigenvalue weighted by Crippen LogP contribution is 2.14. The Balaban J connectivity index is 2.29. The van der Waals surface area contributed by atoms with Gasteiger partial charge >= 0.3 is 0 Å². The first-order valence-corrected chi connectivity index (χ1v) is 5.05.